The summed E-state index contributed by atoms with van der Waals surface area (Å²) in [7, 11) is 2.05. The molecule has 0 radical (unpaired) electrons. The molecule has 17 heavy (non-hydrogen) atoms. The first-order chi connectivity index (χ1) is 7.95. The van der Waals surface area contributed by atoms with Crippen LogP contribution in [0.2, 0.25) is 0 Å². The van der Waals surface area contributed by atoms with E-state index in [0.29, 0.717) is 11.0 Å². The van der Waals surface area contributed by atoms with Crippen molar-refractivity contribution < 1.29 is 0 Å². The Balaban J connectivity index is 3.01. The van der Waals surface area contributed by atoms with E-state index in [1.807, 2.05) is 37.9 Å². The van der Waals surface area contributed by atoms with Crippen LogP contribution in [0.25, 0.3) is 0 Å². The van der Waals surface area contributed by atoms with Crippen molar-refractivity contribution in [2.24, 2.45) is 5.73 Å². The van der Waals surface area contributed by atoms with Crippen LogP contribution in [0.4, 0.5) is 5.82 Å². The standard InChI is InChI=1S/C12H19N3S2/c1-8-5-10(12(13)16)6-11(14-8)15(3)9(2)7-17-4/h5-6,9H,7H2,1-4H3,(H2,13,16). The Morgan fingerprint density at radius 2 is 2.24 bits per heavy atom. The van der Waals surface area contributed by atoms with Gasteiger partial charge in [-0.15, -0.1) is 0 Å². The van der Waals surface area contributed by atoms with E-state index in [4.69, 9.17) is 18.0 Å². The van der Waals surface area contributed by atoms with Crippen molar-refractivity contribution >= 4 is 34.8 Å². The minimum atomic E-state index is 0.419. The van der Waals surface area contributed by atoms with Gasteiger partial charge in [-0.2, -0.15) is 11.8 Å². The van der Waals surface area contributed by atoms with Crippen LogP contribution in [0.5, 0.6) is 0 Å². The fraction of sp³-hybridized carbons (Fsp3) is 0.500. The summed E-state index contributed by atoms with van der Waals surface area (Å²) >= 11 is 6.84. The van der Waals surface area contributed by atoms with Crippen molar-refractivity contribution in [2.45, 2.75) is 19.9 Å². The summed E-state index contributed by atoms with van der Waals surface area (Å²) in [6.45, 7) is 4.14. The third-order valence-corrected chi connectivity index (χ3v) is 3.71. The topological polar surface area (TPSA) is 42.1 Å². The van der Waals surface area contributed by atoms with Gasteiger partial charge < -0.3 is 10.6 Å². The molecule has 1 atom stereocenters. The molecule has 1 aromatic rings. The van der Waals surface area contributed by atoms with Crippen LogP contribution >= 0.6 is 24.0 Å². The van der Waals surface area contributed by atoms with Crippen LogP contribution in [0.3, 0.4) is 0 Å². The van der Waals surface area contributed by atoms with Gasteiger partial charge in [0.15, 0.2) is 0 Å². The number of hydrogen-bond donors (Lipinski definition) is 1. The predicted octanol–water partition coefficient (Wildman–Crippen LogP) is 2.21. The molecule has 0 spiro atoms. The molecule has 1 aromatic heterocycles. The number of hydrogen-bond acceptors (Lipinski definition) is 4. The Morgan fingerprint density at radius 1 is 1.59 bits per heavy atom. The average Bonchev–Trinajstić information content (AvgIpc) is 2.27. The number of thiocarbonyl (C=S) groups is 1. The normalized spacial score (nSPS) is 12.2. The summed E-state index contributed by atoms with van der Waals surface area (Å²) in [4.78, 5) is 7.10. The summed E-state index contributed by atoms with van der Waals surface area (Å²) in [5.41, 5.74) is 7.49. The molecule has 0 saturated carbocycles. The third kappa shape index (κ3) is 3.85. The van der Waals surface area contributed by atoms with Gasteiger partial charge in [-0.3, -0.25) is 0 Å². The van der Waals surface area contributed by atoms with E-state index in [2.05, 4.69) is 23.1 Å². The van der Waals surface area contributed by atoms with E-state index in [1.54, 1.807) is 0 Å². The van der Waals surface area contributed by atoms with E-state index in [1.165, 1.54) is 0 Å². The van der Waals surface area contributed by atoms with Gasteiger partial charge in [-0.05, 0) is 32.2 Å². The fourth-order valence-corrected chi connectivity index (χ4v) is 2.38. The highest BCUT2D eigenvalue weighted by atomic mass is 32.2. The summed E-state index contributed by atoms with van der Waals surface area (Å²) in [6.07, 6.45) is 2.11. The zero-order chi connectivity index (χ0) is 13.0. The molecule has 0 amide bonds. The molecule has 1 heterocycles. The first kappa shape index (κ1) is 14.3. The van der Waals surface area contributed by atoms with Gasteiger partial charge in [0, 0.05) is 30.1 Å². The number of aryl methyl sites for hydroxylation is 1. The molecule has 2 N–H and O–H groups in total. The molecule has 0 aromatic carbocycles. The zero-order valence-electron chi connectivity index (χ0n) is 10.7. The molecule has 3 nitrogen and oxygen atoms in total. The predicted molar refractivity (Wildman–Crippen MR) is 81.1 cm³/mol. The summed E-state index contributed by atoms with van der Waals surface area (Å²) in [5, 5.41) is 0. The van der Waals surface area contributed by atoms with E-state index >= 15 is 0 Å². The lowest BCUT2D eigenvalue weighted by Gasteiger charge is -2.26. The fourth-order valence-electron chi connectivity index (χ4n) is 1.55. The Labute approximate surface area is 113 Å². The maximum absolute atomic E-state index is 5.67. The number of pyridine rings is 1. The first-order valence-corrected chi connectivity index (χ1v) is 7.26. The molecular formula is C12H19N3S2. The number of anilines is 1. The Hall–Kier alpha value is -0.810. The van der Waals surface area contributed by atoms with Crippen LogP contribution in [0.1, 0.15) is 18.2 Å². The van der Waals surface area contributed by atoms with Gasteiger partial charge in [0.05, 0.1) is 0 Å². The Bertz CT molecular complexity index is 407. The molecule has 0 fully saturated rings. The molecule has 0 saturated heterocycles. The molecule has 0 aliphatic heterocycles. The van der Waals surface area contributed by atoms with Crippen molar-refractivity contribution in [3.05, 3.63) is 23.4 Å². The van der Waals surface area contributed by atoms with Crippen molar-refractivity contribution in [1.29, 1.82) is 0 Å². The van der Waals surface area contributed by atoms with Crippen LogP contribution < -0.4 is 10.6 Å². The lowest BCUT2D eigenvalue weighted by atomic mass is 10.2. The largest absolute Gasteiger partial charge is 0.389 e. The van der Waals surface area contributed by atoms with Gasteiger partial charge in [0.1, 0.15) is 10.8 Å². The average molecular weight is 269 g/mol. The molecule has 5 heteroatoms. The molecule has 0 bridgehead atoms. The number of nitrogens with two attached hydrogens (primary N) is 1. The second-order valence-corrected chi connectivity index (χ2v) is 5.49. The molecule has 1 unspecified atom stereocenters. The SMILES string of the molecule is CSCC(C)N(C)c1cc(C(N)=S)cc(C)n1. The van der Waals surface area contributed by atoms with Crippen molar-refractivity contribution in [3.8, 4) is 0 Å². The smallest absolute Gasteiger partial charge is 0.129 e. The monoisotopic (exact) mass is 269 g/mol. The van der Waals surface area contributed by atoms with Crippen LogP contribution in [-0.4, -0.2) is 35.1 Å². The Morgan fingerprint density at radius 3 is 2.76 bits per heavy atom. The second-order valence-electron chi connectivity index (χ2n) is 4.13. The van der Waals surface area contributed by atoms with E-state index in [9.17, 15) is 0 Å². The molecule has 0 aliphatic carbocycles. The number of nitrogens with zero attached hydrogens (tertiary/aromatic N) is 2. The van der Waals surface area contributed by atoms with Crippen molar-refractivity contribution in [3.63, 3.8) is 0 Å². The minimum Gasteiger partial charge on any atom is -0.389 e. The van der Waals surface area contributed by atoms with E-state index in [0.717, 1.165) is 22.8 Å². The van der Waals surface area contributed by atoms with Crippen LogP contribution in [0.15, 0.2) is 12.1 Å². The number of rotatable bonds is 5. The molecule has 0 aliphatic rings. The maximum atomic E-state index is 5.67. The van der Waals surface area contributed by atoms with Gasteiger partial charge in [0.2, 0.25) is 0 Å². The highest BCUT2D eigenvalue weighted by Crippen LogP contribution is 2.17. The van der Waals surface area contributed by atoms with E-state index in [-0.39, 0.29) is 0 Å². The maximum Gasteiger partial charge on any atom is 0.129 e. The lowest BCUT2D eigenvalue weighted by molar-refractivity contribution is 0.752. The lowest BCUT2D eigenvalue weighted by Crippen LogP contribution is -2.32. The summed E-state index contributed by atoms with van der Waals surface area (Å²) in [5.74, 6) is 1.99. The Kier molecular flexibility index (Phi) is 5.21. The second kappa shape index (κ2) is 6.21. The molecule has 94 valence electrons. The summed E-state index contributed by atoms with van der Waals surface area (Å²) < 4.78 is 0. The summed E-state index contributed by atoms with van der Waals surface area (Å²) in [6, 6.07) is 4.30. The van der Waals surface area contributed by atoms with Crippen LogP contribution in [-0.2, 0) is 0 Å². The molecular weight excluding hydrogens is 250 g/mol. The highest BCUT2D eigenvalue weighted by molar-refractivity contribution is 7.98. The van der Waals surface area contributed by atoms with Gasteiger partial charge in [-0.1, -0.05) is 12.2 Å². The number of thioether (sulfide) groups is 1. The van der Waals surface area contributed by atoms with Gasteiger partial charge >= 0.3 is 0 Å². The van der Waals surface area contributed by atoms with Crippen molar-refractivity contribution in [2.75, 3.05) is 24.0 Å². The third-order valence-electron chi connectivity index (χ3n) is 2.65. The number of aromatic nitrogens is 1. The quantitative estimate of drug-likeness (QED) is 0.830. The van der Waals surface area contributed by atoms with Crippen molar-refractivity contribution in [1.82, 2.24) is 4.98 Å². The van der Waals surface area contributed by atoms with Gasteiger partial charge in [-0.25, -0.2) is 4.98 Å². The zero-order valence-corrected chi connectivity index (χ0v) is 12.4. The highest BCUT2D eigenvalue weighted by Gasteiger charge is 2.12. The first-order valence-electron chi connectivity index (χ1n) is 5.46. The minimum absolute atomic E-state index is 0.419. The van der Waals surface area contributed by atoms with Gasteiger partial charge in [0.25, 0.3) is 0 Å². The van der Waals surface area contributed by atoms with E-state index < -0.39 is 0 Å². The molecule has 1 rings (SSSR count). The van der Waals surface area contributed by atoms with Crippen LogP contribution in [0, 0.1) is 6.92 Å².